The fourth-order valence-electron chi connectivity index (χ4n) is 2.28. The molecule has 1 N–H and O–H groups in total. The van der Waals surface area contributed by atoms with Crippen molar-refractivity contribution in [2.24, 2.45) is 0 Å². The largest absolute Gasteiger partial charge is 0.380 e. The number of nitro benzene ring substituents is 1. The molecule has 0 radical (unpaired) electrons. The first kappa shape index (κ1) is 17.4. The summed E-state index contributed by atoms with van der Waals surface area (Å²) in [5, 5.41) is 14.4. The lowest BCUT2D eigenvalue weighted by Crippen LogP contribution is -2.31. The molecule has 0 amide bonds. The van der Waals surface area contributed by atoms with Gasteiger partial charge in [0.1, 0.15) is 5.69 Å². The van der Waals surface area contributed by atoms with E-state index in [4.69, 9.17) is 0 Å². The Balaban J connectivity index is 2.93. The Labute approximate surface area is 127 Å². The van der Waals surface area contributed by atoms with Crippen molar-refractivity contribution < 1.29 is 4.92 Å². The number of nitrogens with one attached hydrogen (secondary N) is 1. The molecular weight excluding hydrogens is 266 g/mol. The molecule has 0 fully saturated rings. The first-order valence-electron chi connectivity index (χ1n) is 7.74. The van der Waals surface area contributed by atoms with E-state index in [9.17, 15) is 10.1 Å². The van der Waals surface area contributed by atoms with Crippen molar-refractivity contribution in [1.29, 1.82) is 0 Å². The third-order valence-corrected chi connectivity index (χ3v) is 3.45. The molecule has 0 bridgehead atoms. The van der Waals surface area contributed by atoms with Crippen LogP contribution in [-0.2, 0) is 6.54 Å². The molecule has 0 spiro atoms. The van der Waals surface area contributed by atoms with Gasteiger partial charge in [-0.25, -0.2) is 0 Å². The minimum absolute atomic E-state index is 0.168. The van der Waals surface area contributed by atoms with E-state index < -0.39 is 0 Å². The van der Waals surface area contributed by atoms with Crippen molar-refractivity contribution in [3.8, 4) is 0 Å². The first-order chi connectivity index (χ1) is 9.99. The summed E-state index contributed by atoms with van der Waals surface area (Å²) in [4.78, 5) is 13.3. The topological polar surface area (TPSA) is 58.4 Å². The number of hydrogen-bond acceptors (Lipinski definition) is 4. The van der Waals surface area contributed by atoms with E-state index in [0.717, 1.165) is 38.0 Å². The smallest absolute Gasteiger partial charge is 0.292 e. The zero-order chi connectivity index (χ0) is 15.8. The minimum Gasteiger partial charge on any atom is -0.380 e. The van der Waals surface area contributed by atoms with Crippen molar-refractivity contribution in [3.63, 3.8) is 0 Å². The van der Waals surface area contributed by atoms with E-state index in [1.807, 2.05) is 19.1 Å². The summed E-state index contributed by atoms with van der Waals surface area (Å²) < 4.78 is 0. The van der Waals surface area contributed by atoms with Gasteiger partial charge in [0, 0.05) is 25.2 Å². The van der Waals surface area contributed by atoms with Gasteiger partial charge < -0.3 is 5.32 Å². The highest BCUT2D eigenvalue weighted by atomic mass is 16.6. The van der Waals surface area contributed by atoms with Gasteiger partial charge in [-0.05, 0) is 44.9 Å². The predicted octanol–water partition coefficient (Wildman–Crippen LogP) is 4.04. The zero-order valence-electron chi connectivity index (χ0n) is 13.6. The molecule has 0 aromatic heterocycles. The summed E-state index contributed by atoms with van der Waals surface area (Å²) in [6, 6.07) is 5.94. The molecule has 0 atom stereocenters. The molecule has 5 nitrogen and oxygen atoms in total. The van der Waals surface area contributed by atoms with Gasteiger partial charge in [-0.15, -0.1) is 0 Å². The fourth-order valence-corrected chi connectivity index (χ4v) is 2.28. The SMILES string of the molecule is CCCNc1ccc(CN(CCC)C(C)C)cc1[N+](=O)[O-]. The van der Waals surface area contributed by atoms with Crippen LogP contribution in [0.3, 0.4) is 0 Å². The van der Waals surface area contributed by atoms with Crippen molar-refractivity contribution in [1.82, 2.24) is 4.90 Å². The van der Waals surface area contributed by atoms with Crippen LogP contribution in [0.2, 0.25) is 0 Å². The first-order valence-corrected chi connectivity index (χ1v) is 7.74. The molecule has 0 unspecified atom stereocenters. The van der Waals surface area contributed by atoms with E-state index in [-0.39, 0.29) is 10.6 Å². The van der Waals surface area contributed by atoms with Crippen LogP contribution in [0.4, 0.5) is 11.4 Å². The molecule has 1 aromatic carbocycles. The molecule has 0 aliphatic rings. The maximum absolute atomic E-state index is 11.2. The molecule has 0 heterocycles. The minimum atomic E-state index is -0.305. The van der Waals surface area contributed by atoms with E-state index >= 15 is 0 Å². The van der Waals surface area contributed by atoms with Crippen molar-refractivity contribution >= 4 is 11.4 Å². The van der Waals surface area contributed by atoms with Gasteiger partial charge in [-0.3, -0.25) is 15.0 Å². The Morgan fingerprint density at radius 1 is 1.29 bits per heavy atom. The highest BCUT2D eigenvalue weighted by Crippen LogP contribution is 2.26. The average molecular weight is 293 g/mol. The Morgan fingerprint density at radius 2 is 2.00 bits per heavy atom. The number of benzene rings is 1. The molecule has 0 saturated carbocycles. The van der Waals surface area contributed by atoms with Gasteiger partial charge in [0.25, 0.3) is 5.69 Å². The van der Waals surface area contributed by atoms with Crippen LogP contribution < -0.4 is 5.32 Å². The van der Waals surface area contributed by atoms with Crippen molar-refractivity contribution in [2.75, 3.05) is 18.4 Å². The molecule has 0 saturated heterocycles. The monoisotopic (exact) mass is 293 g/mol. The molecule has 1 rings (SSSR count). The number of nitro groups is 1. The molecule has 0 aliphatic carbocycles. The Hall–Kier alpha value is -1.62. The predicted molar refractivity (Wildman–Crippen MR) is 87.7 cm³/mol. The van der Waals surface area contributed by atoms with E-state index in [0.29, 0.717) is 11.7 Å². The van der Waals surface area contributed by atoms with Crippen LogP contribution >= 0.6 is 0 Å². The molecule has 118 valence electrons. The van der Waals surface area contributed by atoms with Crippen LogP contribution in [0, 0.1) is 10.1 Å². The normalized spacial score (nSPS) is 11.1. The summed E-state index contributed by atoms with van der Waals surface area (Å²) in [7, 11) is 0. The summed E-state index contributed by atoms with van der Waals surface area (Å²) in [6.07, 6.45) is 2.02. The standard InChI is InChI=1S/C16H27N3O2/c1-5-9-17-15-8-7-14(11-16(15)19(20)21)12-18(10-6-2)13(3)4/h7-8,11,13,17H,5-6,9-10,12H2,1-4H3. The average Bonchev–Trinajstić information content (AvgIpc) is 2.45. The van der Waals surface area contributed by atoms with Gasteiger partial charge in [0.15, 0.2) is 0 Å². The van der Waals surface area contributed by atoms with Crippen LogP contribution in [0.5, 0.6) is 0 Å². The molecule has 0 aliphatic heterocycles. The van der Waals surface area contributed by atoms with E-state index in [1.54, 1.807) is 6.07 Å². The lowest BCUT2D eigenvalue weighted by atomic mass is 10.1. The molecular formula is C16H27N3O2. The summed E-state index contributed by atoms with van der Waals surface area (Å²) in [5.74, 6) is 0. The maximum Gasteiger partial charge on any atom is 0.292 e. The maximum atomic E-state index is 11.2. The Bertz CT molecular complexity index is 461. The van der Waals surface area contributed by atoms with E-state index in [2.05, 4.69) is 31.0 Å². The second kappa shape index (κ2) is 8.62. The highest BCUT2D eigenvalue weighted by Gasteiger charge is 2.16. The van der Waals surface area contributed by atoms with Crippen molar-refractivity contribution in [3.05, 3.63) is 33.9 Å². The summed E-state index contributed by atoms with van der Waals surface area (Å²) in [6.45, 7) is 11.0. The van der Waals surface area contributed by atoms with Crippen LogP contribution in [0.15, 0.2) is 18.2 Å². The molecule has 21 heavy (non-hydrogen) atoms. The van der Waals surface area contributed by atoms with Gasteiger partial charge in [0.2, 0.25) is 0 Å². The lowest BCUT2D eigenvalue weighted by Gasteiger charge is -2.26. The van der Waals surface area contributed by atoms with E-state index in [1.165, 1.54) is 0 Å². The molecule has 1 aromatic rings. The van der Waals surface area contributed by atoms with Crippen LogP contribution in [-0.4, -0.2) is 29.0 Å². The van der Waals surface area contributed by atoms with Gasteiger partial charge in [-0.1, -0.05) is 19.9 Å². The quantitative estimate of drug-likeness (QED) is 0.551. The molecule has 5 heteroatoms. The number of hydrogen-bond donors (Lipinski definition) is 1. The number of rotatable bonds is 9. The lowest BCUT2D eigenvalue weighted by molar-refractivity contribution is -0.384. The number of anilines is 1. The second-order valence-corrected chi connectivity index (χ2v) is 5.60. The second-order valence-electron chi connectivity index (χ2n) is 5.60. The van der Waals surface area contributed by atoms with Crippen molar-refractivity contribution in [2.45, 2.75) is 53.1 Å². The van der Waals surface area contributed by atoms with Crippen LogP contribution in [0.1, 0.15) is 46.1 Å². The summed E-state index contributed by atoms with van der Waals surface area (Å²) in [5.41, 5.74) is 1.77. The number of nitrogens with zero attached hydrogens (tertiary/aromatic N) is 2. The fraction of sp³-hybridized carbons (Fsp3) is 0.625. The van der Waals surface area contributed by atoms with Gasteiger partial charge in [-0.2, -0.15) is 0 Å². The summed E-state index contributed by atoms with van der Waals surface area (Å²) >= 11 is 0. The Morgan fingerprint density at radius 3 is 2.52 bits per heavy atom. The van der Waals surface area contributed by atoms with Gasteiger partial charge in [0.05, 0.1) is 4.92 Å². The Kier molecular flexibility index (Phi) is 7.15. The third-order valence-electron chi connectivity index (χ3n) is 3.45. The highest BCUT2D eigenvalue weighted by molar-refractivity contribution is 5.62. The third kappa shape index (κ3) is 5.34. The zero-order valence-corrected chi connectivity index (χ0v) is 13.6. The van der Waals surface area contributed by atoms with Gasteiger partial charge >= 0.3 is 0 Å². The van der Waals surface area contributed by atoms with Crippen LogP contribution in [0.25, 0.3) is 0 Å².